The van der Waals surface area contributed by atoms with E-state index in [1.165, 1.54) is 6.07 Å². The molecule has 0 spiro atoms. The maximum atomic E-state index is 13.1. The first-order valence-corrected chi connectivity index (χ1v) is 8.43. The Labute approximate surface area is 128 Å². The molecule has 0 aliphatic heterocycles. The van der Waals surface area contributed by atoms with Gasteiger partial charge >= 0.3 is 0 Å². The van der Waals surface area contributed by atoms with Crippen LogP contribution in [0, 0.1) is 5.82 Å². The van der Waals surface area contributed by atoms with Crippen molar-refractivity contribution in [2.45, 2.75) is 6.42 Å². The van der Waals surface area contributed by atoms with E-state index in [9.17, 15) is 12.8 Å². The molecule has 2 aromatic rings. The highest BCUT2D eigenvalue weighted by Gasteiger charge is 2.04. The summed E-state index contributed by atoms with van der Waals surface area (Å²) in [5.41, 5.74) is 2.68. The zero-order valence-electron chi connectivity index (χ0n) is 11.3. The summed E-state index contributed by atoms with van der Waals surface area (Å²) >= 11 is 5.76. The Morgan fingerprint density at radius 2 is 1.71 bits per heavy atom. The maximum Gasteiger partial charge on any atom is 0.264 e. The molecule has 0 N–H and O–H groups in total. The van der Waals surface area contributed by atoms with Crippen LogP contribution in [0.25, 0.3) is 11.1 Å². The van der Waals surface area contributed by atoms with Crippen molar-refractivity contribution in [2.24, 2.45) is 0 Å². The largest absolute Gasteiger partial charge is 0.270 e. The van der Waals surface area contributed by atoms with Crippen molar-refractivity contribution in [1.82, 2.24) is 0 Å². The minimum atomic E-state index is -3.40. The van der Waals surface area contributed by atoms with E-state index in [1.54, 1.807) is 12.1 Å². The van der Waals surface area contributed by atoms with Crippen molar-refractivity contribution < 1.29 is 17.0 Å². The first-order valence-electron chi connectivity index (χ1n) is 6.24. The number of halogens is 2. The molecule has 0 atom stereocenters. The fraction of sp³-hybridized carbons (Fsp3) is 0.200. The molecular weight excluding hydrogens is 315 g/mol. The lowest BCUT2D eigenvalue weighted by Crippen LogP contribution is -2.06. The van der Waals surface area contributed by atoms with E-state index in [2.05, 4.69) is 0 Å². The highest BCUT2D eigenvalue weighted by atomic mass is 35.5. The predicted molar refractivity (Wildman–Crippen MR) is 81.3 cm³/mol. The van der Waals surface area contributed by atoms with Crippen LogP contribution in [-0.4, -0.2) is 21.3 Å². The highest BCUT2D eigenvalue weighted by Crippen LogP contribution is 2.25. The van der Waals surface area contributed by atoms with Crippen LogP contribution in [0.4, 0.5) is 4.39 Å². The van der Waals surface area contributed by atoms with Crippen LogP contribution in [0.2, 0.25) is 5.02 Å². The van der Waals surface area contributed by atoms with Crippen molar-refractivity contribution in [2.75, 3.05) is 12.9 Å². The van der Waals surface area contributed by atoms with Crippen LogP contribution in [0.3, 0.4) is 0 Å². The third kappa shape index (κ3) is 4.81. The molecule has 0 saturated carbocycles. The lowest BCUT2D eigenvalue weighted by atomic mass is 10.0. The Balaban J connectivity index is 2.06. The van der Waals surface area contributed by atoms with E-state index in [0.29, 0.717) is 6.42 Å². The molecule has 0 heterocycles. The van der Waals surface area contributed by atoms with E-state index in [0.717, 1.165) is 22.9 Å². The topological polar surface area (TPSA) is 43.4 Å². The standard InChI is InChI=1S/C15H14ClFO3S/c1-21(18,19)20-9-8-11-2-4-12(5-3-11)13-6-7-15(17)14(16)10-13/h2-7,10H,8-9H2,1H3. The van der Waals surface area contributed by atoms with Gasteiger partial charge in [0.25, 0.3) is 10.1 Å². The van der Waals surface area contributed by atoms with Gasteiger partial charge in [-0.1, -0.05) is 41.9 Å². The van der Waals surface area contributed by atoms with Crippen LogP contribution in [0.5, 0.6) is 0 Å². The number of hydrogen-bond donors (Lipinski definition) is 0. The summed E-state index contributed by atoms with van der Waals surface area (Å²) in [5, 5.41) is 0.0816. The molecule has 0 aromatic heterocycles. The quantitative estimate of drug-likeness (QED) is 0.787. The monoisotopic (exact) mass is 328 g/mol. The second-order valence-electron chi connectivity index (χ2n) is 4.60. The molecule has 0 aliphatic carbocycles. The average molecular weight is 329 g/mol. The van der Waals surface area contributed by atoms with E-state index in [-0.39, 0.29) is 11.6 Å². The summed E-state index contributed by atoms with van der Waals surface area (Å²) in [6.45, 7) is 0.112. The Morgan fingerprint density at radius 3 is 2.29 bits per heavy atom. The number of benzene rings is 2. The highest BCUT2D eigenvalue weighted by molar-refractivity contribution is 7.85. The third-order valence-corrected chi connectivity index (χ3v) is 3.78. The average Bonchev–Trinajstić information content (AvgIpc) is 2.41. The fourth-order valence-corrected chi connectivity index (χ4v) is 2.42. The predicted octanol–water partition coefficient (Wildman–Crippen LogP) is 3.66. The first kappa shape index (κ1) is 15.9. The van der Waals surface area contributed by atoms with Gasteiger partial charge < -0.3 is 0 Å². The molecule has 112 valence electrons. The molecule has 2 aromatic carbocycles. The summed E-state index contributed by atoms with van der Waals surface area (Å²) in [4.78, 5) is 0. The van der Waals surface area contributed by atoms with Gasteiger partial charge in [-0.3, -0.25) is 4.18 Å². The van der Waals surface area contributed by atoms with Crippen LogP contribution < -0.4 is 0 Å². The molecule has 0 unspecified atom stereocenters. The fourth-order valence-electron chi connectivity index (χ4n) is 1.85. The van der Waals surface area contributed by atoms with Gasteiger partial charge in [-0.25, -0.2) is 4.39 Å². The van der Waals surface area contributed by atoms with Crippen LogP contribution >= 0.6 is 11.6 Å². The summed E-state index contributed by atoms with van der Waals surface area (Å²) in [7, 11) is -3.40. The van der Waals surface area contributed by atoms with Gasteiger partial charge in [-0.05, 0) is 35.2 Å². The summed E-state index contributed by atoms with van der Waals surface area (Å²) < 4.78 is 39.5. The first-order chi connectivity index (χ1) is 9.85. The van der Waals surface area contributed by atoms with Crippen molar-refractivity contribution in [3.8, 4) is 11.1 Å². The van der Waals surface area contributed by atoms with Gasteiger partial charge in [0.1, 0.15) is 5.82 Å². The number of rotatable bonds is 5. The molecule has 0 aliphatic rings. The van der Waals surface area contributed by atoms with Gasteiger partial charge in [-0.2, -0.15) is 8.42 Å². The third-order valence-electron chi connectivity index (χ3n) is 2.90. The molecule has 0 bridgehead atoms. The minimum Gasteiger partial charge on any atom is -0.270 e. The Hall–Kier alpha value is -1.43. The molecule has 0 saturated heterocycles. The van der Waals surface area contributed by atoms with Gasteiger partial charge in [0.05, 0.1) is 17.9 Å². The zero-order valence-corrected chi connectivity index (χ0v) is 12.9. The summed E-state index contributed by atoms with van der Waals surface area (Å²) in [6, 6.07) is 12.0. The van der Waals surface area contributed by atoms with Crippen molar-refractivity contribution in [3.63, 3.8) is 0 Å². The molecule has 3 nitrogen and oxygen atoms in total. The van der Waals surface area contributed by atoms with Crippen LogP contribution in [-0.2, 0) is 20.7 Å². The van der Waals surface area contributed by atoms with Gasteiger partial charge in [0, 0.05) is 0 Å². The lowest BCUT2D eigenvalue weighted by Gasteiger charge is -2.06. The van der Waals surface area contributed by atoms with Gasteiger partial charge in [0.15, 0.2) is 0 Å². The normalized spacial score (nSPS) is 11.6. The van der Waals surface area contributed by atoms with Crippen molar-refractivity contribution >= 4 is 21.7 Å². The van der Waals surface area contributed by atoms with Crippen molar-refractivity contribution in [3.05, 3.63) is 58.9 Å². The maximum absolute atomic E-state index is 13.1. The van der Waals surface area contributed by atoms with Gasteiger partial charge in [-0.15, -0.1) is 0 Å². The van der Waals surface area contributed by atoms with Crippen LogP contribution in [0.15, 0.2) is 42.5 Å². The molecule has 2 rings (SSSR count). The van der Waals surface area contributed by atoms with E-state index >= 15 is 0 Å². The second kappa shape index (κ2) is 6.56. The smallest absolute Gasteiger partial charge is 0.264 e. The Morgan fingerprint density at radius 1 is 1.10 bits per heavy atom. The van der Waals surface area contributed by atoms with E-state index in [4.69, 9.17) is 15.8 Å². The molecule has 21 heavy (non-hydrogen) atoms. The Bertz CT molecular complexity index is 727. The Kier molecular flexibility index (Phi) is 4.98. The minimum absolute atomic E-state index is 0.0816. The van der Waals surface area contributed by atoms with E-state index < -0.39 is 15.9 Å². The second-order valence-corrected chi connectivity index (χ2v) is 6.65. The molecular formula is C15H14ClFO3S. The summed E-state index contributed by atoms with van der Waals surface area (Å²) in [6.07, 6.45) is 1.52. The molecule has 0 amide bonds. The molecule has 6 heteroatoms. The lowest BCUT2D eigenvalue weighted by molar-refractivity contribution is 0.326. The van der Waals surface area contributed by atoms with Crippen LogP contribution in [0.1, 0.15) is 5.56 Å². The van der Waals surface area contributed by atoms with Gasteiger partial charge in [0.2, 0.25) is 0 Å². The molecule has 0 radical (unpaired) electrons. The van der Waals surface area contributed by atoms with Crippen molar-refractivity contribution in [1.29, 1.82) is 0 Å². The van der Waals surface area contributed by atoms with E-state index in [1.807, 2.05) is 24.3 Å². The SMILES string of the molecule is CS(=O)(=O)OCCc1ccc(-c2ccc(F)c(Cl)c2)cc1. The summed E-state index contributed by atoms with van der Waals surface area (Å²) in [5.74, 6) is -0.449. The molecule has 0 fully saturated rings. The zero-order chi connectivity index (χ0) is 15.5. The number of hydrogen-bond acceptors (Lipinski definition) is 3.